The first-order valence-corrected chi connectivity index (χ1v) is 5.82. The molecule has 0 atom stereocenters. The van der Waals surface area contributed by atoms with Crippen LogP contribution in [0, 0.1) is 10.1 Å². The summed E-state index contributed by atoms with van der Waals surface area (Å²) in [5.74, 6) is 0.569. The van der Waals surface area contributed by atoms with Gasteiger partial charge in [-0.1, -0.05) is 6.08 Å². The van der Waals surface area contributed by atoms with Crippen molar-refractivity contribution in [1.29, 1.82) is 0 Å². The lowest BCUT2D eigenvalue weighted by molar-refractivity contribution is -0.384. The Hall–Kier alpha value is -1.88. The van der Waals surface area contributed by atoms with Gasteiger partial charge in [0.1, 0.15) is 5.75 Å². The van der Waals surface area contributed by atoms with Crippen LogP contribution in [0.1, 0.15) is 12.0 Å². The Kier molecular flexibility index (Phi) is 3.62. The van der Waals surface area contributed by atoms with Crippen LogP contribution in [0.3, 0.4) is 0 Å². The third kappa shape index (κ3) is 2.51. The largest absolute Gasteiger partial charge is 0.496 e. The quantitative estimate of drug-likeness (QED) is 0.608. The summed E-state index contributed by atoms with van der Waals surface area (Å²) in [4.78, 5) is 12.5. The standard InChI is InChI=1S/C13H16N2O3/c1-14-7-5-10(6-8-14)12-4-3-11(15(16)17)9-13(12)18-2/h3-5,9H,6-8H2,1-2H3. The van der Waals surface area contributed by atoms with Crippen molar-refractivity contribution in [2.45, 2.75) is 6.42 Å². The molecule has 5 nitrogen and oxygen atoms in total. The maximum absolute atomic E-state index is 10.7. The third-order valence-corrected chi connectivity index (χ3v) is 3.15. The summed E-state index contributed by atoms with van der Waals surface area (Å²) in [6.07, 6.45) is 3.08. The highest BCUT2D eigenvalue weighted by Gasteiger charge is 2.16. The van der Waals surface area contributed by atoms with E-state index in [1.807, 2.05) is 0 Å². The van der Waals surface area contributed by atoms with Gasteiger partial charge >= 0.3 is 0 Å². The summed E-state index contributed by atoms with van der Waals surface area (Å²) in [6, 6.07) is 4.78. The summed E-state index contributed by atoms with van der Waals surface area (Å²) in [5.41, 5.74) is 2.21. The summed E-state index contributed by atoms with van der Waals surface area (Å²) >= 11 is 0. The van der Waals surface area contributed by atoms with Crippen molar-refractivity contribution in [1.82, 2.24) is 4.90 Å². The summed E-state index contributed by atoms with van der Waals surface area (Å²) in [6.45, 7) is 1.89. The molecule has 0 amide bonds. The van der Waals surface area contributed by atoms with E-state index in [0.717, 1.165) is 25.1 Å². The summed E-state index contributed by atoms with van der Waals surface area (Å²) in [7, 11) is 3.61. The van der Waals surface area contributed by atoms with Crippen LogP contribution < -0.4 is 4.74 Å². The van der Waals surface area contributed by atoms with Crippen LogP contribution in [-0.4, -0.2) is 37.1 Å². The lowest BCUT2D eigenvalue weighted by atomic mass is 9.98. The van der Waals surface area contributed by atoms with Crippen LogP contribution in [0.15, 0.2) is 24.3 Å². The second kappa shape index (κ2) is 5.18. The van der Waals surface area contributed by atoms with Crippen LogP contribution >= 0.6 is 0 Å². The highest BCUT2D eigenvalue weighted by atomic mass is 16.6. The van der Waals surface area contributed by atoms with Crippen LogP contribution in [0.25, 0.3) is 5.57 Å². The minimum absolute atomic E-state index is 0.0594. The van der Waals surface area contributed by atoms with E-state index in [0.29, 0.717) is 5.75 Å². The zero-order valence-electron chi connectivity index (χ0n) is 10.5. The van der Waals surface area contributed by atoms with Gasteiger partial charge in [0.15, 0.2) is 0 Å². The maximum Gasteiger partial charge on any atom is 0.273 e. The third-order valence-electron chi connectivity index (χ3n) is 3.15. The lowest BCUT2D eigenvalue weighted by Crippen LogP contribution is -2.23. The molecule has 1 aliphatic rings. The Labute approximate surface area is 106 Å². The van der Waals surface area contributed by atoms with E-state index in [1.54, 1.807) is 6.07 Å². The molecule has 1 heterocycles. The van der Waals surface area contributed by atoms with Gasteiger partial charge in [0, 0.05) is 24.7 Å². The molecule has 2 rings (SSSR count). The molecule has 0 spiro atoms. The predicted molar refractivity (Wildman–Crippen MR) is 69.7 cm³/mol. The van der Waals surface area contributed by atoms with Gasteiger partial charge < -0.3 is 9.64 Å². The molecule has 0 fully saturated rings. The zero-order chi connectivity index (χ0) is 13.1. The second-order valence-electron chi connectivity index (χ2n) is 4.38. The van der Waals surface area contributed by atoms with E-state index < -0.39 is 4.92 Å². The number of nitro benzene ring substituents is 1. The van der Waals surface area contributed by atoms with E-state index >= 15 is 0 Å². The number of hydrogen-bond donors (Lipinski definition) is 0. The second-order valence-corrected chi connectivity index (χ2v) is 4.38. The molecule has 5 heteroatoms. The lowest BCUT2D eigenvalue weighted by Gasteiger charge is -2.22. The molecule has 0 saturated carbocycles. The van der Waals surface area contributed by atoms with Crippen molar-refractivity contribution >= 4 is 11.3 Å². The van der Waals surface area contributed by atoms with Crippen molar-refractivity contribution in [3.8, 4) is 5.75 Å². The zero-order valence-corrected chi connectivity index (χ0v) is 10.5. The van der Waals surface area contributed by atoms with Gasteiger partial charge in [0.25, 0.3) is 5.69 Å². The van der Waals surface area contributed by atoms with E-state index in [4.69, 9.17) is 4.74 Å². The first-order chi connectivity index (χ1) is 8.61. The highest BCUT2D eigenvalue weighted by molar-refractivity contribution is 5.72. The fourth-order valence-electron chi connectivity index (χ4n) is 2.07. The van der Waals surface area contributed by atoms with Crippen LogP contribution in [0.2, 0.25) is 0 Å². The van der Waals surface area contributed by atoms with Crippen LogP contribution in [0.4, 0.5) is 5.69 Å². The molecule has 1 aromatic carbocycles. The molecule has 0 radical (unpaired) electrons. The van der Waals surface area contributed by atoms with E-state index in [9.17, 15) is 10.1 Å². The molecule has 0 aromatic heterocycles. The number of non-ortho nitro benzene ring substituents is 1. The Morgan fingerprint density at radius 3 is 2.78 bits per heavy atom. The molecule has 96 valence electrons. The average molecular weight is 248 g/mol. The first-order valence-electron chi connectivity index (χ1n) is 5.82. The summed E-state index contributed by atoms with van der Waals surface area (Å²) in [5, 5.41) is 10.7. The Morgan fingerprint density at radius 1 is 1.44 bits per heavy atom. The minimum Gasteiger partial charge on any atom is -0.496 e. The molecular formula is C13H16N2O3. The average Bonchev–Trinajstić information content (AvgIpc) is 2.39. The molecule has 0 unspecified atom stereocenters. The van der Waals surface area contributed by atoms with Gasteiger partial charge in [-0.15, -0.1) is 0 Å². The SMILES string of the molecule is COc1cc([N+](=O)[O-])ccc1C1=CCN(C)CC1. The van der Waals surface area contributed by atoms with Crippen molar-refractivity contribution in [2.75, 3.05) is 27.2 Å². The van der Waals surface area contributed by atoms with Crippen LogP contribution in [-0.2, 0) is 0 Å². The monoisotopic (exact) mass is 248 g/mol. The normalized spacial score (nSPS) is 16.2. The number of nitrogens with zero attached hydrogens (tertiary/aromatic N) is 2. The number of methoxy groups -OCH3 is 1. The van der Waals surface area contributed by atoms with E-state index in [-0.39, 0.29) is 5.69 Å². The maximum atomic E-state index is 10.7. The molecule has 18 heavy (non-hydrogen) atoms. The van der Waals surface area contributed by atoms with Crippen molar-refractivity contribution in [3.05, 3.63) is 40.0 Å². The van der Waals surface area contributed by atoms with Crippen molar-refractivity contribution in [2.24, 2.45) is 0 Å². The Morgan fingerprint density at radius 2 is 2.22 bits per heavy atom. The molecule has 0 aliphatic carbocycles. The topological polar surface area (TPSA) is 55.6 Å². The van der Waals surface area contributed by atoms with Gasteiger partial charge in [-0.05, 0) is 25.1 Å². The molecular weight excluding hydrogens is 232 g/mol. The van der Waals surface area contributed by atoms with Gasteiger partial charge in [0.05, 0.1) is 18.1 Å². The van der Waals surface area contributed by atoms with Crippen molar-refractivity contribution in [3.63, 3.8) is 0 Å². The summed E-state index contributed by atoms with van der Waals surface area (Å²) < 4.78 is 5.26. The molecule has 1 aromatic rings. The first kappa shape index (κ1) is 12.6. The number of ether oxygens (including phenoxy) is 1. The molecule has 1 aliphatic heterocycles. The fourth-order valence-corrected chi connectivity index (χ4v) is 2.07. The predicted octanol–water partition coefficient (Wildman–Crippen LogP) is 2.32. The molecule has 0 saturated heterocycles. The Bertz CT molecular complexity index is 497. The molecule has 0 bridgehead atoms. The van der Waals surface area contributed by atoms with Crippen LogP contribution in [0.5, 0.6) is 5.75 Å². The van der Waals surface area contributed by atoms with Crippen molar-refractivity contribution < 1.29 is 9.66 Å². The van der Waals surface area contributed by atoms with Gasteiger partial charge in [-0.3, -0.25) is 10.1 Å². The number of hydrogen-bond acceptors (Lipinski definition) is 4. The number of likely N-dealkylation sites (N-methyl/N-ethyl adjacent to an activating group) is 1. The Balaban J connectivity index is 2.36. The van der Waals surface area contributed by atoms with Gasteiger partial charge in [0.2, 0.25) is 0 Å². The fraction of sp³-hybridized carbons (Fsp3) is 0.385. The minimum atomic E-state index is -0.407. The highest BCUT2D eigenvalue weighted by Crippen LogP contribution is 2.32. The molecule has 0 N–H and O–H groups in total. The van der Waals surface area contributed by atoms with E-state index in [2.05, 4.69) is 18.0 Å². The van der Waals surface area contributed by atoms with Gasteiger partial charge in [-0.2, -0.15) is 0 Å². The van der Waals surface area contributed by atoms with E-state index in [1.165, 1.54) is 24.8 Å². The number of benzene rings is 1. The van der Waals surface area contributed by atoms with Gasteiger partial charge in [-0.25, -0.2) is 0 Å². The number of nitro groups is 1. The number of rotatable bonds is 3. The smallest absolute Gasteiger partial charge is 0.273 e.